The zero-order valence-electron chi connectivity index (χ0n) is 9.81. The van der Waals surface area contributed by atoms with Gasteiger partial charge in [-0.15, -0.1) is 0 Å². The van der Waals surface area contributed by atoms with E-state index in [9.17, 15) is 13.9 Å². The van der Waals surface area contributed by atoms with E-state index in [-0.39, 0.29) is 6.04 Å². The van der Waals surface area contributed by atoms with E-state index in [1.807, 2.05) is 11.0 Å². The smallest absolute Gasteiger partial charge is 0.159 e. The molecule has 1 aromatic carbocycles. The van der Waals surface area contributed by atoms with Crippen LogP contribution in [0.15, 0.2) is 18.2 Å². The van der Waals surface area contributed by atoms with Crippen LogP contribution in [-0.2, 0) is 0 Å². The third-order valence-electron chi connectivity index (χ3n) is 3.22. The number of aliphatic hydroxyl groups excluding tert-OH is 1. The molecule has 0 amide bonds. The lowest BCUT2D eigenvalue weighted by Crippen LogP contribution is -2.25. The molecule has 0 aliphatic carbocycles. The maximum absolute atomic E-state index is 13.2. The molecule has 96 valence electrons. The van der Waals surface area contributed by atoms with E-state index in [1.165, 1.54) is 6.07 Å². The van der Waals surface area contributed by atoms with Crippen molar-refractivity contribution in [1.82, 2.24) is 4.90 Å². The quantitative estimate of drug-likeness (QED) is 0.894. The summed E-state index contributed by atoms with van der Waals surface area (Å²) in [6.45, 7) is 0.989. The topological polar surface area (TPSA) is 47.3 Å². The fraction of sp³-hybridized carbons (Fsp3) is 0.462. The minimum absolute atomic E-state index is 0.150. The summed E-state index contributed by atoms with van der Waals surface area (Å²) in [6.07, 6.45) is 0.352. The molecular formula is C13H14F2N2O. The van der Waals surface area contributed by atoms with Crippen molar-refractivity contribution in [3.8, 4) is 6.07 Å². The molecule has 0 aromatic heterocycles. The first kappa shape index (κ1) is 12.9. The maximum Gasteiger partial charge on any atom is 0.159 e. The average molecular weight is 252 g/mol. The van der Waals surface area contributed by atoms with E-state index in [0.29, 0.717) is 31.5 Å². The summed E-state index contributed by atoms with van der Waals surface area (Å²) >= 11 is 0. The van der Waals surface area contributed by atoms with Crippen LogP contribution in [-0.4, -0.2) is 29.2 Å². The van der Waals surface area contributed by atoms with Gasteiger partial charge in [-0.3, -0.25) is 4.90 Å². The number of hydrogen-bond donors (Lipinski definition) is 1. The van der Waals surface area contributed by atoms with Crippen LogP contribution in [0.5, 0.6) is 0 Å². The number of nitriles is 1. The third-order valence-corrected chi connectivity index (χ3v) is 3.22. The van der Waals surface area contributed by atoms with Crippen molar-refractivity contribution in [3.63, 3.8) is 0 Å². The number of likely N-dealkylation sites (tertiary alicyclic amines) is 1. The molecule has 1 saturated heterocycles. The van der Waals surface area contributed by atoms with Gasteiger partial charge in [-0.2, -0.15) is 5.26 Å². The summed E-state index contributed by atoms with van der Waals surface area (Å²) in [4.78, 5) is 1.93. The van der Waals surface area contributed by atoms with E-state index in [1.54, 1.807) is 0 Å². The minimum Gasteiger partial charge on any atom is -0.392 e. The Morgan fingerprint density at radius 2 is 2.17 bits per heavy atom. The second kappa shape index (κ2) is 5.42. The Hall–Kier alpha value is -1.51. The predicted octanol–water partition coefficient (Wildman–Crippen LogP) is 1.99. The fourth-order valence-corrected chi connectivity index (χ4v) is 2.39. The van der Waals surface area contributed by atoms with Crippen LogP contribution >= 0.6 is 0 Å². The maximum atomic E-state index is 13.2. The Morgan fingerprint density at radius 1 is 1.39 bits per heavy atom. The van der Waals surface area contributed by atoms with Crippen LogP contribution in [0.25, 0.3) is 0 Å². The molecule has 2 rings (SSSR count). The van der Waals surface area contributed by atoms with Crippen molar-refractivity contribution in [3.05, 3.63) is 35.4 Å². The zero-order valence-corrected chi connectivity index (χ0v) is 9.81. The highest BCUT2D eigenvalue weighted by Crippen LogP contribution is 2.32. The largest absolute Gasteiger partial charge is 0.392 e. The van der Waals surface area contributed by atoms with Gasteiger partial charge in [0.15, 0.2) is 11.6 Å². The fourth-order valence-electron chi connectivity index (χ4n) is 2.39. The van der Waals surface area contributed by atoms with Gasteiger partial charge in [0.2, 0.25) is 0 Å². The lowest BCUT2D eigenvalue weighted by Gasteiger charge is -2.23. The van der Waals surface area contributed by atoms with E-state index in [4.69, 9.17) is 5.26 Å². The van der Waals surface area contributed by atoms with Gasteiger partial charge in [-0.05, 0) is 24.1 Å². The van der Waals surface area contributed by atoms with Gasteiger partial charge in [-0.1, -0.05) is 6.07 Å². The normalized spacial score (nSPS) is 24.1. The molecule has 0 saturated carbocycles. The number of halogens is 2. The van der Waals surface area contributed by atoms with Crippen LogP contribution in [0.2, 0.25) is 0 Å². The van der Waals surface area contributed by atoms with Gasteiger partial charge in [0, 0.05) is 25.6 Å². The highest BCUT2D eigenvalue weighted by Gasteiger charge is 2.31. The number of nitrogens with zero attached hydrogens (tertiary/aromatic N) is 2. The van der Waals surface area contributed by atoms with Crippen molar-refractivity contribution >= 4 is 0 Å². The van der Waals surface area contributed by atoms with Crippen LogP contribution in [0.4, 0.5) is 8.78 Å². The number of rotatable bonds is 3. The summed E-state index contributed by atoms with van der Waals surface area (Å²) in [7, 11) is 0. The monoisotopic (exact) mass is 252 g/mol. The van der Waals surface area contributed by atoms with Gasteiger partial charge in [0.1, 0.15) is 0 Å². The molecule has 1 aliphatic rings. The van der Waals surface area contributed by atoms with Gasteiger partial charge < -0.3 is 5.11 Å². The second-order valence-electron chi connectivity index (χ2n) is 4.48. The Balaban J connectivity index is 2.19. The Kier molecular flexibility index (Phi) is 3.90. The Labute approximate surface area is 104 Å². The van der Waals surface area contributed by atoms with Crippen molar-refractivity contribution in [2.45, 2.75) is 25.0 Å². The summed E-state index contributed by atoms with van der Waals surface area (Å²) in [5, 5.41) is 18.2. The minimum atomic E-state index is -0.880. The van der Waals surface area contributed by atoms with E-state index < -0.39 is 17.7 Å². The molecular weight excluding hydrogens is 238 g/mol. The molecule has 1 aromatic rings. The molecule has 1 fully saturated rings. The highest BCUT2D eigenvalue weighted by molar-refractivity contribution is 5.22. The van der Waals surface area contributed by atoms with E-state index >= 15 is 0 Å². The van der Waals surface area contributed by atoms with Crippen molar-refractivity contribution in [1.29, 1.82) is 5.26 Å². The molecule has 1 aliphatic heterocycles. The first-order valence-electron chi connectivity index (χ1n) is 5.86. The van der Waals surface area contributed by atoms with Crippen molar-refractivity contribution in [2.75, 3.05) is 13.1 Å². The zero-order chi connectivity index (χ0) is 13.1. The van der Waals surface area contributed by atoms with Crippen LogP contribution in [0.3, 0.4) is 0 Å². The first-order valence-corrected chi connectivity index (χ1v) is 5.86. The SMILES string of the molecule is N#CCCN1C[C@@H](O)C[C@H]1c1ccc(F)c(F)c1. The van der Waals surface area contributed by atoms with Crippen LogP contribution in [0, 0.1) is 23.0 Å². The van der Waals surface area contributed by atoms with Crippen molar-refractivity contribution < 1.29 is 13.9 Å². The van der Waals surface area contributed by atoms with Crippen LogP contribution in [0.1, 0.15) is 24.4 Å². The van der Waals surface area contributed by atoms with E-state index in [2.05, 4.69) is 0 Å². The first-order chi connectivity index (χ1) is 8.61. The van der Waals surface area contributed by atoms with Gasteiger partial charge in [-0.25, -0.2) is 8.78 Å². The second-order valence-corrected chi connectivity index (χ2v) is 4.48. The Morgan fingerprint density at radius 3 is 2.83 bits per heavy atom. The Bertz CT molecular complexity index is 473. The molecule has 1 N–H and O–H groups in total. The van der Waals surface area contributed by atoms with Crippen LogP contribution < -0.4 is 0 Å². The molecule has 18 heavy (non-hydrogen) atoms. The van der Waals surface area contributed by atoms with Gasteiger partial charge in [0.05, 0.1) is 12.2 Å². The molecule has 1 heterocycles. The number of hydrogen-bond acceptors (Lipinski definition) is 3. The molecule has 0 unspecified atom stereocenters. The summed E-state index contributed by atoms with van der Waals surface area (Å²) in [5.74, 6) is -1.75. The summed E-state index contributed by atoms with van der Waals surface area (Å²) in [5.41, 5.74) is 0.642. The molecule has 3 nitrogen and oxygen atoms in total. The summed E-state index contributed by atoms with van der Waals surface area (Å²) < 4.78 is 26.1. The third kappa shape index (κ3) is 2.66. The average Bonchev–Trinajstić information content (AvgIpc) is 2.71. The standard InChI is InChI=1S/C13H14F2N2O/c14-11-3-2-9(6-12(11)15)13-7-10(18)8-17(13)5-1-4-16/h2-3,6,10,13,18H,1,5,7-8H2/t10-,13-/m0/s1. The molecule has 5 heteroatoms. The lowest BCUT2D eigenvalue weighted by atomic mass is 10.0. The van der Waals surface area contributed by atoms with Crippen molar-refractivity contribution in [2.24, 2.45) is 0 Å². The van der Waals surface area contributed by atoms with E-state index in [0.717, 1.165) is 12.1 Å². The number of β-amino-alcohol motifs (C(OH)–C–C–N with tert-alkyl or cyclic N) is 1. The lowest BCUT2D eigenvalue weighted by molar-refractivity contribution is 0.176. The molecule has 0 spiro atoms. The highest BCUT2D eigenvalue weighted by atomic mass is 19.2. The summed E-state index contributed by atoms with van der Waals surface area (Å²) in [6, 6.07) is 5.68. The number of aliphatic hydroxyl groups is 1. The molecule has 0 bridgehead atoms. The number of benzene rings is 1. The molecule has 0 radical (unpaired) electrons. The predicted molar refractivity (Wildman–Crippen MR) is 61.5 cm³/mol. The molecule has 2 atom stereocenters. The van der Waals surface area contributed by atoms with Gasteiger partial charge in [0.25, 0.3) is 0 Å². The van der Waals surface area contributed by atoms with Gasteiger partial charge >= 0.3 is 0 Å².